The monoisotopic (exact) mass is 282 g/mol. The minimum Gasteiger partial charge on any atom is -0.368 e. The van der Waals surface area contributed by atoms with Gasteiger partial charge in [-0.15, -0.1) is 0 Å². The number of hydrogen-bond acceptors (Lipinski definition) is 2. The first-order valence-corrected chi connectivity index (χ1v) is 6.70. The molecule has 2 rings (SSSR count). The van der Waals surface area contributed by atoms with Crippen molar-refractivity contribution in [3.63, 3.8) is 0 Å². The fourth-order valence-corrected chi connectivity index (χ4v) is 2.95. The Morgan fingerprint density at radius 3 is 2.75 bits per heavy atom. The molecule has 2 atom stereocenters. The number of nitrogens with two attached hydrogens (primary N) is 1. The maximum atomic E-state index is 5.88. The number of halogens is 1. The first-order chi connectivity index (χ1) is 7.59. The van der Waals surface area contributed by atoms with Crippen LogP contribution in [0.2, 0.25) is 0 Å². The lowest BCUT2D eigenvalue weighted by atomic mass is 10.1. The van der Waals surface area contributed by atoms with Crippen molar-refractivity contribution in [1.29, 1.82) is 0 Å². The number of benzene rings is 1. The number of nitrogens with zero attached hydrogens (tertiary/aromatic N) is 1. The second kappa shape index (κ2) is 4.76. The average molecular weight is 283 g/mol. The topological polar surface area (TPSA) is 29.3 Å². The van der Waals surface area contributed by atoms with E-state index in [1.165, 1.54) is 24.1 Å². The van der Waals surface area contributed by atoms with E-state index < -0.39 is 0 Å². The molecule has 88 valence electrons. The number of hydrogen-bond donors (Lipinski definition) is 1. The zero-order chi connectivity index (χ0) is 11.7. The minimum atomic E-state index is 0.0985. The van der Waals surface area contributed by atoms with E-state index in [1.54, 1.807) is 0 Å². The number of rotatable bonds is 2. The van der Waals surface area contributed by atoms with Crippen LogP contribution < -0.4 is 10.6 Å². The molecule has 1 aromatic rings. The molecule has 1 aliphatic heterocycles. The van der Waals surface area contributed by atoms with Crippen molar-refractivity contribution in [1.82, 2.24) is 0 Å². The van der Waals surface area contributed by atoms with Gasteiger partial charge in [0, 0.05) is 23.1 Å². The Bertz CT molecular complexity index is 376. The largest absolute Gasteiger partial charge is 0.368 e. The molecule has 0 amide bonds. The molecule has 2 N–H and O–H groups in total. The van der Waals surface area contributed by atoms with Gasteiger partial charge in [0.25, 0.3) is 0 Å². The van der Waals surface area contributed by atoms with Crippen LogP contribution in [0, 0.1) is 0 Å². The second-order valence-electron chi connectivity index (χ2n) is 4.68. The Balaban J connectivity index is 2.28. The molecular formula is C13H19BrN2. The zero-order valence-corrected chi connectivity index (χ0v) is 11.5. The summed E-state index contributed by atoms with van der Waals surface area (Å²) < 4.78 is 1.16. The van der Waals surface area contributed by atoms with E-state index in [0.29, 0.717) is 6.04 Å². The predicted molar refractivity (Wildman–Crippen MR) is 72.8 cm³/mol. The summed E-state index contributed by atoms with van der Waals surface area (Å²) in [5.41, 5.74) is 8.36. The van der Waals surface area contributed by atoms with Gasteiger partial charge in [0.05, 0.1) is 5.69 Å². The molecule has 3 heteroatoms. The smallest absolute Gasteiger partial charge is 0.0513 e. The normalized spacial score (nSPS) is 22.5. The van der Waals surface area contributed by atoms with Gasteiger partial charge in [0.1, 0.15) is 0 Å². The van der Waals surface area contributed by atoms with Crippen molar-refractivity contribution < 1.29 is 0 Å². The summed E-state index contributed by atoms with van der Waals surface area (Å²) >= 11 is 3.66. The van der Waals surface area contributed by atoms with E-state index in [-0.39, 0.29) is 6.04 Å². The Morgan fingerprint density at radius 1 is 1.50 bits per heavy atom. The third-order valence-electron chi connectivity index (χ3n) is 3.36. The number of anilines is 1. The molecule has 0 bridgehead atoms. The maximum Gasteiger partial charge on any atom is 0.0513 e. The Morgan fingerprint density at radius 2 is 2.25 bits per heavy atom. The first-order valence-electron chi connectivity index (χ1n) is 5.91. The third-order valence-corrected chi connectivity index (χ3v) is 4.00. The molecule has 1 heterocycles. The van der Waals surface area contributed by atoms with Crippen LogP contribution in [0.3, 0.4) is 0 Å². The Kier molecular flexibility index (Phi) is 3.55. The zero-order valence-electron chi connectivity index (χ0n) is 9.91. The molecule has 16 heavy (non-hydrogen) atoms. The van der Waals surface area contributed by atoms with Gasteiger partial charge in [-0.1, -0.05) is 6.07 Å². The van der Waals surface area contributed by atoms with E-state index in [9.17, 15) is 0 Å². The van der Waals surface area contributed by atoms with Crippen LogP contribution in [0.1, 0.15) is 38.3 Å². The van der Waals surface area contributed by atoms with Crippen molar-refractivity contribution in [2.24, 2.45) is 5.73 Å². The summed E-state index contributed by atoms with van der Waals surface area (Å²) in [5, 5.41) is 0. The first kappa shape index (κ1) is 11.9. The molecule has 0 aliphatic carbocycles. The molecule has 0 saturated carbocycles. The van der Waals surface area contributed by atoms with Crippen molar-refractivity contribution in [2.75, 3.05) is 11.4 Å². The molecule has 1 unspecified atom stereocenters. The van der Waals surface area contributed by atoms with Crippen LogP contribution in [0.15, 0.2) is 22.7 Å². The van der Waals surface area contributed by atoms with Crippen LogP contribution >= 0.6 is 15.9 Å². The highest BCUT2D eigenvalue weighted by Gasteiger charge is 2.22. The Labute approximate surface area is 106 Å². The third kappa shape index (κ3) is 2.25. The average Bonchev–Trinajstić information content (AvgIpc) is 2.64. The summed E-state index contributed by atoms with van der Waals surface area (Å²) in [6.45, 7) is 5.47. The summed E-state index contributed by atoms with van der Waals surface area (Å²) in [7, 11) is 0. The molecule has 1 aliphatic rings. The van der Waals surface area contributed by atoms with Crippen LogP contribution in [0.4, 0.5) is 5.69 Å². The van der Waals surface area contributed by atoms with Gasteiger partial charge in [-0.05, 0) is 60.3 Å². The second-order valence-corrected chi connectivity index (χ2v) is 5.54. The molecule has 0 spiro atoms. The summed E-state index contributed by atoms with van der Waals surface area (Å²) in [6.07, 6.45) is 2.59. The van der Waals surface area contributed by atoms with E-state index >= 15 is 0 Å². The maximum absolute atomic E-state index is 5.88. The lowest BCUT2D eigenvalue weighted by Gasteiger charge is -2.25. The highest BCUT2D eigenvalue weighted by Crippen LogP contribution is 2.33. The van der Waals surface area contributed by atoms with Crippen molar-refractivity contribution in [2.45, 2.75) is 38.8 Å². The van der Waals surface area contributed by atoms with E-state index in [1.807, 2.05) is 6.92 Å². The van der Waals surface area contributed by atoms with Gasteiger partial charge in [-0.2, -0.15) is 0 Å². The van der Waals surface area contributed by atoms with E-state index in [4.69, 9.17) is 5.73 Å². The quantitative estimate of drug-likeness (QED) is 0.900. The summed E-state index contributed by atoms with van der Waals surface area (Å²) in [5.74, 6) is 0. The minimum absolute atomic E-state index is 0.0985. The van der Waals surface area contributed by atoms with Crippen molar-refractivity contribution in [3.05, 3.63) is 28.2 Å². The highest BCUT2D eigenvalue weighted by molar-refractivity contribution is 9.10. The summed E-state index contributed by atoms with van der Waals surface area (Å²) in [6, 6.07) is 7.21. The standard InChI is InChI=1S/C13H19BrN2/c1-9-4-3-7-16(9)13-6-5-11(10(2)15)8-12(13)14/h5-6,8-10H,3-4,7,15H2,1-2H3/t9?,10-/m0/s1. The van der Waals surface area contributed by atoms with Gasteiger partial charge in [-0.3, -0.25) is 0 Å². The van der Waals surface area contributed by atoms with E-state index in [2.05, 4.69) is 46.0 Å². The molecular weight excluding hydrogens is 264 g/mol. The molecule has 0 radical (unpaired) electrons. The van der Waals surface area contributed by atoms with Crippen LogP contribution in [-0.2, 0) is 0 Å². The molecule has 1 fully saturated rings. The lowest BCUT2D eigenvalue weighted by molar-refractivity contribution is 0.733. The molecule has 2 nitrogen and oxygen atoms in total. The highest BCUT2D eigenvalue weighted by atomic mass is 79.9. The van der Waals surface area contributed by atoms with Crippen LogP contribution in [0.5, 0.6) is 0 Å². The summed E-state index contributed by atoms with van der Waals surface area (Å²) in [4.78, 5) is 2.47. The van der Waals surface area contributed by atoms with Gasteiger partial charge >= 0.3 is 0 Å². The van der Waals surface area contributed by atoms with E-state index in [0.717, 1.165) is 11.0 Å². The fraction of sp³-hybridized carbons (Fsp3) is 0.538. The lowest BCUT2D eigenvalue weighted by Crippen LogP contribution is -2.26. The van der Waals surface area contributed by atoms with Crippen molar-refractivity contribution >= 4 is 21.6 Å². The SMILES string of the molecule is CC1CCCN1c1ccc([C@H](C)N)cc1Br. The van der Waals surface area contributed by atoms with Crippen molar-refractivity contribution in [3.8, 4) is 0 Å². The molecule has 0 aromatic heterocycles. The predicted octanol–water partition coefficient (Wildman–Crippen LogP) is 3.46. The Hall–Kier alpha value is -0.540. The van der Waals surface area contributed by atoms with Crippen LogP contribution in [-0.4, -0.2) is 12.6 Å². The van der Waals surface area contributed by atoms with Gasteiger partial charge < -0.3 is 10.6 Å². The van der Waals surface area contributed by atoms with Gasteiger partial charge in [0.2, 0.25) is 0 Å². The molecule has 1 saturated heterocycles. The fourth-order valence-electron chi connectivity index (χ4n) is 2.33. The van der Waals surface area contributed by atoms with Crippen LogP contribution in [0.25, 0.3) is 0 Å². The molecule has 1 aromatic carbocycles. The van der Waals surface area contributed by atoms with Gasteiger partial charge in [0.15, 0.2) is 0 Å². The van der Waals surface area contributed by atoms with Gasteiger partial charge in [-0.25, -0.2) is 0 Å².